The first kappa shape index (κ1) is 25.1. The van der Waals surface area contributed by atoms with Crippen molar-refractivity contribution in [2.45, 2.75) is 84.2 Å². The molecule has 1 saturated heterocycles. The predicted molar refractivity (Wildman–Crippen MR) is 129 cm³/mol. The fourth-order valence-corrected chi connectivity index (χ4v) is 5.34. The van der Waals surface area contributed by atoms with E-state index in [-0.39, 0.29) is 17.9 Å². The van der Waals surface area contributed by atoms with Crippen LogP contribution < -0.4 is 16.0 Å². The number of anilines is 2. The van der Waals surface area contributed by atoms with Gasteiger partial charge in [0, 0.05) is 38.4 Å². The van der Waals surface area contributed by atoms with E-state index >= 15 is 0 Å². The summed E-state index contributed by atoms with van der Waals surface area (Å²) in [6.07, 6.45) is 3.62. The zero-order chi connectivity index (χ0) is 25.5. The van der Waals surface area contributed by atoms with Crippen LogP contribution in [0.25, 0.3) is 0 Å². The van der Waals surface area contributed by atoms with Gasteiger partial charge in [0.15, 0.2) is 0 Å². The maximum atomic E-state index is 12.7. The van der Waals surface area contributed by atoms with Crippen LogP contribution in [0.4, 0.5) is 16.2 Å². The Bertz CT molecular complexity index is 1000. The molecule has 3 aliphatic rings. The second-order valence-corrected chi connectivity index (χ2v) is 10.8. The van der Waals surface area contributed by atoms with E-state index in [9.17, 15) is 14.4 Å². The predicted octanol–water partition coefficient (Wildman–Crippen LogP) is 2.89. The van der Waals surface area contributed by atoms with Crippen molar-refractivity contribution in [3.8, 4) is 0 Å². The van der Waals surface area contributed by atoms with E-state index in [2.05, 4.69) is 15.2 Å². The number of nitrogens with zero attached hydrogens (tertiary/aromatic N) is 2. The van der Waals surface area contributed by atoms with Crippen molar-refractivity contribution in [1.29, 1.82) is 0 Å². The Morgan fingerprint density at radius 1 is 1.09 bits per heavy atom. The molecule has 0 aromatic carbocycles. The van der Waals surface area contributed by atoms with Gasteiger partial charge in [-0.15, -0.1) is 0 Å². The second-order valence-electron chi connectivity index (χ2n) is 10.8. The highest BCUT2D eigenvalue weighted by atomic mass is 16.6. The van der Waals surface area contributed by atoms with E-state index in [4.69, 9.17) is 19.9 Å². The molecule has 2 heterocycles. The molecule has 1 aromatic heterocycles. The van der Waals surface area contributed by atoms with Gasteiger partial charge in [0.2, 0.25) is 0 Å². The Morgan fingerprint density at radius 2 is 1.77 bits per heavy atom. The third-order valence-electron chi connectivity index (χ3n) is 6.70. The van der Waals surface area contributed by atoms with E-state index in [1.807, 2.05) is 0 Å². The fraction of sp³-hybridized carbons (Fsp3) is 0.680. The molecular weight excluding hydrogens is 452 g/mol. The maximum absolute atomic E-state index is 12.7. The van der Waals surface area contributed by atoms with E-state index in [1.54, 1.807) is 27.0 Å². The number of fused-ring (bicyclic) bond motifs is 1. The van der Waals surface area contributed by atoms with Gasteiger partial charge in [-0.05, 0) is 52.4 Å². The molecule has 10 heteroatoms. The lowest BCUT2D eigenvalue weighted by molar-refractivity contribution is -0.152. The van der Waals surface area contributed by atoms with Crippen LogP contribution >= 0.6 is 0 Å². The summed E-state index contributed by atoms with van der Waals surface area (Å²) in [5, 5.41) is 2.96. The van der Waals surface area contributed by atoms with Crippen LogP contribution in [0.2, 0.25) is 0 Å². The summed E-state index contributed by atoms with van der Waals surface area (Å²) in [6, 6.07) is -0.484. The van der Waals surface area contributed by atoms with Crippen molar-refractivity contribution in [1.82, 2.24) is 10.3 Å². The molecule has 35 heavy (non-hydrogen) atoms. The molecule has 192 valence electrons. The van der Waals surface area contributed by atoms with E-state index in [1.165, 1.54) is 13.8 Å². The number of hydrogen-bond acceptors (Lipinski definition) is 9. The second kappa shape index (κ2) is 9.54. The zero-order valence-corrected chi connectivity index (χ0v) is 21.1. The van der Waals surface area contributed by atoms with Gasteiger partial charge in [-0.3, -0.25) is 14.6 Å². The SMILES string of the molecule is CC(=O)OC1CCc2c1ncc(N)c2N1CC(NC(=O)OC(C)(C)C)C(OC(C)=O)C(C2CC2)C1. The molecule has 10 nitrogen and oxygen atoms in total. The average molecular weight is 489 g/mol. The number of carbonyl (C=O) groups is 3. The summed E-state index contributed by atoms with van der Waals surface area (Å²) >= 11 is 0. The van der Waals surface area contributed by atoms with Crippen molar-refractivity contribution < 1.29 is 28.6 Å². The number of nitrogens with one attached hydrogen (secondary N) is 1. The Balaban J connectivity index is 1.66. The molecular formula is C25H36N4O6. The number of carbonyl (C=O) groups excluding carboxylic acids is 3. The maximum Gasteiger partial charge on any atom is 0.408 e. The number of hydrogen-bond donors (Lipinski definition) is 2. The van der Waals surface area contributed by atoms with Gasteiger partial charge in [0.05, 0.1) is 29.3 Å². The third kappa shape index (κ3) is 5.79. The fourth-order valence-electron chi connectivity index (χ4n) is 5.34. The van der Waals surface area contributed by atoms with Gasteiger partial charge >= 0.3 is 18.0 Å². The van der Waals surface area contributed by atoms with Crippen LogP contribution in [0.1, 0.15) is 71.2 Å². The van der Waals surface area contributed by atoms with Gasteiger partial charge in [-0.1, -0.05) is 0 Å². The van der Waals surface area contributed by atoms with E-state index < -0.39 is 29.9 Å². The summed E-state index contributed by atoms with van der Waals surface area (Å²) in [7, 11) is 0. The number of piperidine rings is 1. The Labute approximate surface area is 205 Å². The lowest BCUT2D eigenvalue weighted by Gasteiger charge is -2.45. The van der Waals surface area contributed by atoms with Crippen molar-refractivity contribution in [2.75, 3.05) is 23.7 Å². The van der Waals surface area contributed by atoms with Crippen molar-refractivity contribution in [3.05, 3.63) is 17.5 Å². The number of nitrogens with two attached hydrogens (primary N) is 1. The molecule has 2 fully saturated rings. The van der Waals surface area contributed by atoms with Crippen LogP contribution in [0, 0.1) is 11.8 Å². The summed E-state index contributed by atoms with van der Waals surface area (Å²) in [5.74, 6) is -0.296. The van der Waals surface area contributed by atoms with Gasteiger partial charge in [-0.25, -0.2) is 4.79 Å². The Hall–Kier alpha value is -3.04. The van der Waals surface area contributed by atoms with Crippen LogP contribution in [-0.2, 0) is 30.2 Å². The molecule has 1 saturated carbocycles. The summed E-state index contributed by atoms with van der Waals surface area (Å²) < 4.78 is 16.8. The largest absolute Gasteiger partial charge is 0.460 e. The van der Waals surface area contributed by atoms with Gasteiger partial charge < -0.3 is 30.2 Å². The molecule has 4 unspecified atom stereocenters. The number of amides is 1. The van der Waals surface area contributed by atoms with Crippen LogP contribution in [0.3, 0.4) is 0 Å². The van der Waals surface area contributed by atoms with Crippen LogP contribution in [0.5, 0.6) is 0 Å². The molecule has 0 radical (unpaired) electrons. The molecule has 1 amide bonds. The average Bonchev–Trinajstić information content (AvgIpc) is 3.49. The molecule has 4 rings (SSSR count). The minimum Gasteiger partial charge on any atom is -0.460 e. The van der Waals surface area contributed by atoms with Crippen molar-refractivity contribution in [3.63, 3.8) is 0 Å². The number of esters is 2. The van der Waals surface area contributed by atoms with Crippen molar-refractivity contribution in [2.24, 2.45) is 11.8 Å². The van der Waals surface area contributed by atoms with Crippen LogP contribution in [-0.4, -0.2) is 53.9 Å². The van der Waals surface area contributed by atoms with Gasteiger partial charge in [0.1, 0.15) is 17.8 Å². The number of ether oxygens (including phenoxy) is 3. The quantitative estimate of drug-likeness (QED) is 0.474. The molecule has 2 aliphatic carbocycles. The van der Waals surface area contributed by atoms with E-state index in [0.29, 0.717) is 37.5 Å². The lowest BCUT2D eigenvalue weighted by atomic mass is 9.86. The highest BCUT2D eigenvalue weighted by molar-refractivity contribution is 5.75. The highest BCUT2D eigenvalue weighted by Crippen LogP contribution is 2.46. The standard InChI is InChI=1S/C25H36N4O6/c1-13(30)33-20-9-8-16-21(20)27-10-18(26)22(16)29-11-17(15-6-7-15)23(34-14(2)31)19(12-29)28-24(32)35-25(3,4)5/h10,15,17,19-20,23H,6-9,11-12,26H2,1-5H3,(H,28,32). The third-order valence-corrected chi connectivity index (χ3v) is 6.70. The zero-order valence-electron chi connectivity index (χ0n) is 21.1. The molecule has 0 bridgehead atoms. The number of aromatic nitrogens is 1. The number of nitrogen functional groups attached to an aromatic ring is 1. The highest BCUT2D eigenvalue weighted by Gasteiger charge is 2.48. The van der Waals surface area contributed by atoms with Gasteiger partial charge in [-0.2, -0.15) is 0 Å². The number of rotatable bonds is 5. The normalized spacial score (nSPS) is 26.0. The van der Waals surface area contributed by atoms with Crippen molar-refractivity contribution >= 4 is 29.4 Å². The molecule has 3 N–H and O–H groups in total. The first-order valence-electron chi connectivity index (χ1n) is 12.3. The summed E-state index contributed by atoms with van der Waals surface area (Å²) in [4.78, 5) is 42.9. The summed E-state index contributed by atoms with van der Waals surface area (Å²) in [6.45, 7) is 9.21. The number of pyridine rings is 1. The summed E-state index contributed by atoms with van der Waals surface area (Å²) in [5.41, 5.74) is 8.86. The monoisotopic (exact) mass is 488 g/mol. The Kier molecular flexibility index (Phi) is 6.83. The number of alkyl carbamates (subject to hydrolysis) is 1. The van der Waals surface area contributed by atoms with Crippen LogP contribution in [0.15, 0.2) is 6.20 Å². The first-order valence-corrected chi connectivity index (χ1v) is 12.3. The Morgan fingerprint density at radius 3 is 2.37 bits per heavy atom. The van der Waals surface area contributed by atoms with Gasteiger partial charge in [0.25, 0.3) is 0 Å². The minimum absolute atomic E-state index is 0.0291. The minimum atomic E-state index is -0.659. The first-order chi connectivity index (χ1) is 16.4. The molecule has 1 aromatic rings. The molecule has 0 spiro atoms. The topological polar surface area (TPSA) is 133 Å². The smallest absolute Gasteiger partial charge is 0.408 e. The lowest BCUT2D eigenvalue weighted by Crippen LogP contribution is -2.61. The molecule has 1 aliphatic heterocycles. The molecule has 4 atom stereocenters. The van der Waals surface area contributed by atoms with E-state index in [0.717, 1.165) is 29.8 Å².